The van der Waals surface area contributed by atoms with Crippen LogP contribution in [0.2, 0.25) is 0 Å². The number of carbonyl (C=O) groups is 2. The molecule has 2 N–H and O–H groups in total. The first-order valence-electron chi connectivity index (χ1n) is 8.33. The fourth-order valence-corrected chi connectivity index (χ4v) is 1.95. The van der Waals surface area contributed by atoms with Crippen LogP contribution in [-0.4, -0.2) is 48.2 Å². The highest BCUT2D eigenvalue weighted by molar-refractivity contribution is 5.93. The summed E-state index contributed by atoms with van der Waals surface area (Å²) >= 11 is 0. The van der Waals surface area contributed by atoms with Gasteiger partial charge in [-0.15, -0.1) is 0 Å². The summed E-state index contributed by atoms with van der Waals surface area (Å²) in [5.41, 5.74) is 6.48. The van der Waals surface area contributed by atoms with Gasteiger partial charge in [0.1, 0.15) is 0 Å². The Morgan fingerprint density at radius 2 is 1.72 bits per heavy atom. The molecule has 0 atom stereocenters. The number of hydrogen-bond acceptors (Lipinski definition) is 6. The van der Waals surface area contributed by atoms with Crippen molar-refractivity contribution in [1.82, 2.24) is 9.97 Å². The highest BCUT2D eigenvalue weighted by atomic mass is 16.4. The fraction of sp³-hybridized carbons (Fsp3) is 0.143. The van der Waals surface area contributed by atoms with Crippen molar-refractivity contribution >= 4 is 40.8 Å². The smallest absolute Gasteiger partial charge is 0.258 e. The molecule has 0 radical (unpaired) electrons. The van der Waals surface area contributed by atoms with Crippen molar-refractivity contribution in [3.8, 4) is 0 Å². The largest absolute Gasteiger partial charge is 0.388 e. The molecule has 1 heterocycles. The van der Waals surface area contributed by atoms with Crippen molar-refractivity contribution in [3.63, 3.8) is 0 Å². The predicted octanol–water partition coefficient (Wildman–Crippen LogP) is 3.16. The molecule has 2 amide bonds. The average molecular weight is 395 g/mol. The van der Waals surface area contributed by atoms with Gasteiger partial charge in [0.25, 0.3) is 11.9 Å². The summed E-state index contributed by atoms with van der Waals surface area (Å²) < 4.78 is 4.25. The molecule has 0 aliphatic rings. The van der Waals surface area contributed by atoms with E-state index in [1.54, 1.807) is 14.2 Å². The Morgan fingerprint density at radius 3 is 2.31 bits per heavy atom. The van der Waals surface area contributed by atoms with E-state index in [2.05, 4.69) is 85.8 Å². The molecule has 0 unspecified atom stereocenters. The number of benzene rings is 2. The van der Waals surface area contributed by atoms with Crippen molar-refractivity contribution in [2.24, 2.45) is 15.7 Å². The van der Waals surface area contributed by atoms with Crippen LogP contribution in [0.15, 0.2) is 64.8 Å². The van der Waals surface area contributed by atoms with E-state index in [1.165, 1.54) is 28.7 Å². The second kappa shape index (κ2) is 13.2. The van der Waals surface area contributed by atoms with Crippen molar-refractivity contribution in [2.75, 3.05) is 14.2 Å². The second-order valence-electron chi connectivity index (χ2n) is 5.46. The summed E-state index contributed by atoms with van der Waals surface area (Å²) in [6.07, 6.45) is 2.75. The normalized spacial score (nSPS) is 8.79. The molecule has 2 aromatic carbocycles. The number of nitrogens with two attached hydrogens (primary N) is 1. The Hall–Kier alpha value is -3.96. The minimum absolute atomic E-state index is 0. The Bertz CT molecular complexity index is 1050. The number of rotatable bonds is 3. The number of methoxy groups -OCH3 is 1. The van der Waals surface area contributed by atoms with Gasteiger partial charge in [0.05, 0.1) is 17.3 Å². The Balaban J connectivity index is 0. The van der Waals surface area contributed by atoms with Gasteiger partial charge in [0, 0.05) is 29.5 Å². The predicted molar refractivity (Wildman–Crippen MR) is 117 cm³/mol. The molecule has 0 bridgehead atoms. The van der Waals surface area contributed by atoms with E-state index in [1.807, 2.05) is 0 Å². The average Bonchev–Trinajstić information content (AvgIpc) is 2.72. The summed E-state index contributed by atoms with van der Waals surface area (Å²) in [5.74, 6) is 3.72. The lowest BCUT2D eigenvalue weighted by Crippen LogP contribution is -2.11. The van der Waals surface area contributed by atoms with Crippen LogP contribution < -0.4 is 5.73 Å². The second-order valence-corrected chi connectivity index (χ2v) is 5.46. The molecule has 0 saturated heterocycles. The van der Waals surface area contributed by atoms with Gasteiger partial charge in [-0.05, 0) is 17.7 Å². The van der Waals surface area contributed by atoms with E-state index in [9.17, 15) is 9.59 Å². The Morgan fingerprint density at radius 1 is 1.10 bits per heavy atom. The van der Waals surface area contributed by atoms with E-state index in [0.717, 1.165) is 0 Å². The van der Waals surface area contributed by atoms with E-state index in [-0.39, 0.29) is 14.4 Å². The number of aliphatic imine (C=N–C) groups is 2. The van der Waals surface area contributed by atoms with Crippen molar-refractivity contribution < 1.29 is 17.2 Å². The molecule has 0 aliphatic heterocycles. The van der Waals surface area contributed by atoms with Crippen LogP contribution in [0.4, 0.5) is 5.95 Å². The van der Waals surface area contributed by atoms with Gasteiger partial charge in [-0.3, -0.25) is 9.59 Å². The molecule has 152 valence electrons. The maximum atomic E-state index is 10.6. The van der Waals surface area contributed by atoms with Gasteiger partial charge in [0.2, 0.25) is 6.41 Å². The number of ether oxygens (including phenoxy) is 1. The van der Waals surface area contributed by atoms with E-state index < -0.39 is 5.91 Å². The third-order valence-corrected chi connectivity index (χ3v) is 3.15. The van der Waals surface area contributed by atoms with Crippen LogP contribution in [0.25, 0.3) is 10.8 Å². The number of hydrogen-bond donors (Lipinski definition) is 1. The first kappa shape index (κ1) is 23.1. The van der Waals surface area contributed by atoms with Crippen molar-refractivity contribution in [3.05, 3.63) is 66.0 Å². The van der Waals surface area contributed by atoms with Crippen LogP contribution in [0.5, 0.6) is 0 Å². The highest BCUT2D eigenvalue weighted by Crippen LogP contribution is 2.14. The van der Waals surface area contributed by atoms with Gasteiger partial charge in [-0.1, -0.05) is 48.0 Å². The molecule has 29 heavy (non-hydrogen) atoms. The number of fused-ring (bicyclic) bond motifs is 1. The summed E-state index contributed by atoms with van der Waals surface area (Å²) in [6.45, 7) is 2.12. The third kappa shape index (κ3) is 8.99. The number of aryl methyl sites for hydroxylation is 1. The van der Waals surface area contributed by atoms with E-state index >= 15 is 0 Å². The summed E-state index contributed by atoms with van der Waals surface area (Å²) in [7, 11) is 3.25. The number of primary amides is 1. The zero-order valence-electron chi connectivity index (χ0n) is 16.4. The molecular formula is C21H25N5O3. The van der Waals surface area contributed by atoms with Gasteiger partial charge in [-0.25, -0.2) is 9.97 Å². The Kier molecular flexibility index (Phi) is 10.5. The molecule has 0 fully saturated rings. The van der Waals surface area contributed by atoms with E-state index in [0.29, 0.717) is 6.41 Å². The molecule has 0 aliphatic carbocycles. The Labute approximate surface area is 171 Å². The molecule has 8 heteroatoms. The van der Waals surface area contributed by atoms with Crippen LogP contribution >= 0.6 is 0 Å². The molecule has 0 saturated carbocycles. The lowest BCUT2D eigenvalue weighted by Gasteiger charge is -1.96. The first-order chi connectivity index (χ1) is 14.0. The zero-order valence-corrected chi connectivity index (χ0v) is 16.4. The molecule has 0 spiro atoms. The highest BCUT2D eigenvalue weighted by Gasteiger charge is 2.00. The lowest BCUT2D eigenvalue weighted by molar-refractivity contribution is -0.106. The van der Waals surface area contributed by atoms with Gasteiger partial charge in [-0.2, -0.15) is 9.98 Å². The quantitative estimate of drug-likeness (QED) is 0.539. The van der Waals surface area contributed by atoms with Gasteiger partial charge in [0.15, 0.2) is 0 Å². The maximum Gasteiger partial charge on any atom is 0.258 e. The van der Waals surface area contributed by atoms with Crippen LogP contribution in [-0.2, 0) is 9.53 Å². The zero-order chi connectivity index (χ0) is 21.5. The number of amides is 2. The number of nitrogens with zero attached hydrogens (tertiary/aromatic N) is 4. The SMILES string of the molecule is COC.Cc1ccc2ccccc2c1.NC(=O)c1cnc(N=C=C=NC=O)nc1.[HH].[HH]. The molecule has 3 rings (SSSR count). The maximum absolute atomic E-state index is 10.6. The number of carbonyl (C=O) groups excluding carboxylic acids is 2. The number of aromatic nitrogens is 2. The summed E-state index contributed by atoms with van der Waals surface area (Å²) in [6, 6.07) is 14.9. The van der Waals surface area contributed by atoms with Crippen LogP contribution in [0, 0.1) is 6.92 Å². The van der Waals surface area contributed by atoms with E-state index in [4.69, 9.17) is 5.73 Å². The standard InChI is InChI=1S/C11H10.C8H5N5O2.C2H6O.2H2/c1-9-6-7-10-4-2-3-5-11(10)8-9;9-7(15)6-3-12-8(13-4-6)11-2-1-10-5-14;1-3-2;;/h2-8H,1H3;3-5H,(H2,9,15);1-2H3;2*1H. The monoisotopic (exact) mass is 395 g/mol. The third-order valence-electron chi connectivity index (χ3n) is 3.15. The minimum atomic E-state index is -0.622. The molecule has 8 nitrogen and oxygen atoms in total. The molecule has 3 aromatic rings. The van der Waals surface area contributed by atoms with Gasteiger partial charge < -0.3 is 10.5 Å². The molecular weight excluding hydrogens is 370 g/mol. The van der Waals surface area contributed by atoms with Gasteiger partial charge >= 0.3 is 0 Å². The van der Waals surface area contributed by atoms with Crippen LogP contribution in [0.1, 0.15) is 18.8 Å². The van der Waals surface area contributed by atoms with Crippen LogP contribution in [0.3, 0.4) is 0 Å². The lowest BCUT2D eigenvalue weighted by atomic mass is 10.1. The van der Waals surface area contributed by atoms with Crippen molar-refractivity contribution in [2.45, 2.75) is 6.92 Å². The minimum Gasteiger partial charge on any atom is -0.388 e. The summed E-state index contributed by atoms with van der Waals surface area (Å²) in [5, 5.41) is 2.64. The van der Waals surface area contributed by atoms with Crippen molar-refractivity contribution in [1.29, 1.82) is 0 Å². The summed E-state index contributed by atoms with van der Waals surface area (Å²) in [4.78, 5) is 34.4. The first-order valence-corrected chi connectivity index (χ1v) is 8.33. The molecule has 1 aromatic heterocycles. The topological polar surface area (TPSA) is 120 Å². The fourth-order valence-electron chi connectivity index (χ4n) is 1.95.